The first-order valence-corrected chi connectivity index (χ1v) is 38.3. The monoisotopic (exact) mass is 1500 g/mol. The van der Waals surface area contributed by atoms with Gasteiger partial charge in [0.25, 0.3) is 0 Å². The number of aromatic hydroxyl groups is 6. The first kappa shape index (κ1) is 91.0. The first-order valence-electron chi connectivity index (χ1n) is 38.3. The van der Waals surface area contributed by atoms with Gasteiger partial charge in [-0.25, -0.2) is 15.0 Å². The summed E-state index contributed by atoms with van der Waals surface area (Å²) in [4.78, 5) is 38.0. The molecular formula is C94H126N4O12. The number of esters is 1. The predicted molar refractivity (Wildman–Crippen MR) is 448 cm³/mol. The van der Waals surface area contributed by atoms with E-state index in [9.17, 15) is 40.2 Å². The van der Waals surface area contributed by atoms with E-state index in [1.165, 1.54) is 23.8 Å². The van der Waals surface area contributed by atoms with E-state index >= 15 is 0 Å². The van der Waals surface area contributed by atoms with E-state index < -0.39 is 6.10 Å². The third-order valence-corrected chi connectivity index (χ3v) is 18.5. The number of hydrogen-bond acceptors (Lipinski definition) is 16. The summed E-state index contributed by atoms with van der Waals surface area (Å²) in [6.45, 7) is 51.3. The standard InChI is InChI=1S/C29H31N3O3.C20H32O3.C16H27NO.C16H26O2.C13H10O3/c1-6-21(33)16-35-22-9-12-25(26(34)15-22)29-31-27(23-10-7-17(2)13-19(23)4)30-28(32-29)24-11-8-18(3)14-20(24)5;1-8-11-23-17(21)10-9-14-12-15(19(2,3)4)18(22)16(13-14)20(5,6)7;2*1-15(2,3)12-9-11(7-8-17)10-13(14(12)18)16(4,5)6;14-10-6-7-11(12(15)8-10)13(16)9-4-2-1-3-5-9/h7-15,21,33-34H,6,16H2,1-5H3;12-13,22H,8-11H2,1-7H3;9-10,18H,7-8,17H2,1-6H3;9-10,17-18H,7-8H2,1-6H3;1-8,14-15H. The highest BCUT2D eigenvalue weighted by atomic mass is 16.5. The largest absolute Gasteiger partial charge is 0.508 e. The molecule has 1 aromatic heterocycles. The fourth-order valence-corrected chi connectivity index (χ4v) is 12.2. The molecule has 0 amide bonds. The summed E-state index contributed by atoms with van der Waals surface area (Å²) in [5.41, 5.74) is 21.7. The summed E-state index contributed by atoms with van der Waals surface area (Å²) >= 11 is 0. The Balaban J connectivity index is 0.000000255. The van der Waals surface area contributed by atoms with Gasteiger partial charge >= 0.3 is 5.97 Å². The van der Waals surface area contributed by atoms with Crippen LogP contribution in [0.5, 0.6) is 40.2 Å². The lowest BCUT2D eigenvalue weighted by Crippen LogP contribution is -2.18. The minimum absolute atomic E-state index is 0.00200. The van der Waals surface area contributed by atoms with Gasteiger partial charge in [-0.2, -0.15) is 0 Å². The van der Waals surface area contributed by atoms with E-state index in [-0.39, 0.29) is 80.3 Å². The Morgan fingerprint density at radius 2 is 0.845 bits per heavy atom. The average molecular weight is 1500 g/mol. The Morgan fingerprint density at radius 3 is 1.20 bits per heavy atom. The lowest BCUT2D eigenvalue weighted by molar-refractivity contribution is -0.143. The van der Waals surface area contributed by atoms with Crippen LogP contribution in [0.4, 0.5) is 0 Å². The zero-order valence-corrected chi connectivity index (χ0v) is 70.1. The molecule has 0 aliphatic rings. The second-order valence-electron chi connectivity index (χ2n) is 34.7. The number of phenols is 6. The second-order valence-corrected chi connectivity index (χ2v) is 34.7. The minimum Gasteiger partial charge on any atom is -0.508 e. The molecule has 0 aliphatic heterocycles. The molecule has 16 heteroatoms. The number of aliphatic hydroxyl groups is 2. The number of carbonyl (C=O) groups is 2. The number of rotatable bonds is 18. The van der Waals surface area contributed by atoms with Crippen molar-refractivity contribution in [1.82, 2.24) is 15.0 Å². The number of nitrogens with two attached hydrogens (primary N) is 1. The number of benzene rings is 8. The van der Waals surface area contributed by atoms with Crippen molar-refractivity contribution in [3.8, 4) is 74.4 Å². The summed E-state index contributed by atoms with van der Waals surface area (Å²) in [5.74, 6) is 2.46. The van der Waals surface area contributed by atoms with Crippen LogP contribution in [0.1, 0.15) is 246 Å². The molecule has 1 heterocycles. The molecule has 0 saturated heterocycles. The number of aromatic nitrogens is 3. The van der Waals surface area contributed by atoms with Crippen molar-refractivity contribution in [2.75, 3.05) is 26.4 Å². The van der Waals surface area contributed by atoms with E-state index in [1.807, 2.05) is 82.3 Å². The molecule has 0 aliphatic carbocycles. The Labute approximate surface area is 656 Å². The van der Waals surface area contributed by atoms with Crippen LogP contribution in [-0.2, 0) is 61.3 Å². The highest BCUT2D eigenvalue weighted by Crippen LogP contribution is 2.44. The first-order chi connectivity index (χ1) is 51.0. The number of nitrogens with zero attached hydrogens (tertiary/aromatic N) is 3. The van der Waals surface area contributed by atoms with E-state index in [0.717, 1.165) is 96.8 Å². The second kappa shape index (κ2) is 38.8. The Bertz CT molecular complexity index is 4300. The third kappa shape index (κ3) is 26.3. The zero-order chi connectivity index (χ0) is 82.8. The van der Waals surface area contributed by atoms with Crippen LogP contribution in [0.2, 0.25) is 0 Å². The normalized spacial score (nSPS) is 12.0. The zero-order valence-electron chi connectivity index (χ0n) is 70.1. The topological polar surface area (TPSA) is 279 Å². The number of ether oxygens (including phenoxy) is 2. The van der Waals surface area contributed by atoms with E-state index in [4.69, 9.17) is 40.4 Å². The number of ketones is 1. The molecular weight excluding hydrogens is 1380 g/mol. The van der Waals surface area contributed by atoms with Gasteiger partial charge in [0.15, 0.2) is 23.3 Å². The Hall–Kier alpha value is -9.61. The maximum absolute atomic E-state index is 11.9. The fourth-order valence-electron chi connectivity index (χ4n) is 12.2. The van der Waals surface area contributed by atoms with E-state index in [1.54, 1.807) is 36.4 Å². The van der Waals surface area contributed by atoms with Crippen molar-refractivity contribution < 1.29 is 59.9 Å². The maximum atomic E-state index is 11.9. The molecule has 594 valence electrons. The van der Waals surface area contributed by atoms with Gasteiger partial charge in [0.05, 0.1) is 23.8 Å². The van der Waals surface area contributed by atoms with Crippen LogP contribution in [0.15, 0.2) is 140 Å². The van der Waals surface area contributed by atoms with E-state index in [0.29, 0.717) is 90.4 Å². The molecule has 16 nitrogen and oxygen atoms in total. The van der Waals surface area contributed by atoms with Crippen molar-refractivity contribution in [2.24, 2.45) is 5.73 Å². The molecule has 0 saturated carbocycles. The number of phenolic OH excluding ortho intramolecular Hbond substituents is 6. The molecule has 1 unspecified atom stereocenters. The van der Waals surface area contributed by atoms with Crippen LogP contribution < -0.4 is 10.5 Å². The molecule has 9 rings (SSSR count). The number of hydrogen-bond donors (Lipinski definition) is 9. The third-order valence-electron chi connectivity index (χ3n) is 18.5. The van der Waals surface area contributed by atoms with Crippen LogP contribution in [0.3, 0.4) is 0 Å². The number of carbonyl (C=O) groups excluding carboxylic acids is 2. The lowest BCUT2D eigenvalue weighted by Gasteiger charge is -2.28. The molecule has 0 radical (unpaired) electrons. The number of aryl methyl sites for hydroxylation is 5. The summed E-state index contributed by atoms with van der Waals surface area (Å²) in [7, 11) is 0. The van der Waals surface area contributed by atoms with Gasteiger partial charge < -0.3 is 56.1 Å². The van der Waals surface area contributed by atoms with Gasteiger partial charge in [-0.05, 0) is 184 Å². The molecule has 0 fully saturated rings. The summed E-state index contributed by atoms with van der Waals surface area (Å²) in [6, 6.07) is 42.2. The number of aliphatic hydroxyl groups excluding tert-OH is 2. The highest BCUT2D eigenvalue weighted by molar-refractivity contribution is 6.10. The molecule has 8 aromatic carbocycles. The predicted octanol–water partition coefficient (Wildman–Crippen LogP) is 20.2. The lowest BCUT2D eigenvalue weighted by atomic mass is 9.78. The molecule has 9 aromatic rings. The molecule has 110 heavy (non-hydrogen) atoms. The van der Waals surface area contributed by atoms with Crippen molar-refractivity contribution in [3.05, 3.63) is 223 Å². The molecule has 1 atom stereocenters. The van der Waals surface area contributed by atoms with Crippen LogP contribution >= 0.6 is 0 Å². The minimum atomic E-state index is -0.555. The van der Waals surface area contributed by atoms with Crippen molar-refractivity contribution in [3.63, 3.8) is 0 Å². The maximum Gasteiger partial charge on any atom is 0.306 e. The van der Waals surface area contributed by atoms with Crippen molar-refractivity contribution in [1.29, 1.82) is 0 Å². The average Bonchev–Trinajstić information content (AvgIpc) is 0.799. The van der Waals surface area contributed by atoms with Gasteiger partial charge in [-0.3, -0.25) is 9.59 Å². The SMILES string of the molecule is CC(C)(C)c1cc(CCN)cc(C(C)(C)C)c1O.CC(C)(C)c1cc(CCO)cc(C(C)(C)C)c1O.CCC(O)COc1ccc(-c2nc(-c3ccc(C)cc3C)nc(-c3ccc(C)cc3C)n2)c(O)c1.CCCOC(=O)CCc1cc(C(C)(C)C)c(O)c(C(C)(C)C)c1.O=C(c1ccccc1)c1ccc(O)cc1O. The smallest absolute Gasteiger partial charge is 0.306 e. The van der Waals surface area contributed by atoms with Gasteiger partial charge in [0.1, 0.15) is 46.9 Å². The van der Waals surface area contributed by atoms with Gasteiger partial charge in [0, 0.05) is 41.9 Å². The van der Waals surface area contributed by atoms with Crippen LogP contribution in [-0.4, -0.2) is 100 Å². The van der Waals surface area contributed by atoms with E-state index in [2.05, 4.69) is 163 Å². The van der Waals surface area contributed by atoms with Gasteiger partial charge in [0.2, 0.25) is 0 Å². The fraction of sp³-hybridized carbons (Fsp3) is 0.436. The summed E-state index contributed by atoms with van der Waals surface area (Å²) in [5, 5.41) is 80.1. The summed E-state index contributed by atoms with van der Waals surface area (Å²) < 4.78 is 10.8. The van der Waals surface area contributed by atoms with Gasteiger partial charge in [-0.15, -0.1) is 0 Å². The van der Waals surface area contributed by atoms with Crippen molar-refractivity contribution in [2.45, 2.75) is 243 Å². The molecule has 0 spiro atoms. The Morgan fingerprint density at radius 1 is 0.455 bits per heavy atom. The molecule has 10 N–H and O–H groups in total. The summed E-state index contributed by atoms with van der Waals surface area (Å²) in [6.07, 6.45) is 3.37. The van der Waals surface area contributed by atoms with Crippen LogP contribution in [0, 0.1) is 27.7 Å². The van der Waals surface area contributed by atoms with Gasteiger partial charge in [-0.1, -0.05) is 253 Å². The molecule has 0 bridgehead atoms. The quantitative estimate of drug-likeness (QED) is 0.0285. The van der Waals surface area contributed by atoms with Crippen molar-refractivity contribution >= 4 is 11.8 Å². The highest BCUT2D eigenvalue weighted by Gasteiger charge is 2.30. The van der Waals surface area contributed by atoms with Crippen LogP contribution in [0.25, 0.3) is 34.2 Å². The Kier molecular flexibility index (Phi) is 32.1.